The van der Waals surface area contributed by atoms with E-state index in [9.17, 15) is 0 Å². The molecule has 2 atom stereocenters. The fraction of sp³-hybridized carbons (Fsp3) is 0.412. The summed E-state index contributed by atoms with van der Waals surface area (Å²) in [4.78, 5) is 0. The van der Waals surface area contributed by atoms with E-state index < -0.39 is 0 Å². The van der Waals surface area contributed by atoms with E-state index in [0.29, 0.717) is 12.1 Å². The third-order valence-corrected chi connectivity index (χ3v) is 4.35. The largest absolute Gasteiger partial charge is 0.469 e. The molecule has 1 aliphatic carbocycles. The van der Waals surface area contributed by atoms with E-state index in [4.69, 9.17) is 16.0 Å². The van der Waals surface area contributed by atoms with E-state index in [1.165, 1.54) is 24.0 Å². The van der Waals surface area contributed by atoms with Gasteiger partial charge in [0, 0.05) is 29.1 Å². The molecular formula is C17H20ClNO. The van der Waals surface area contributed by atoms with Crippen LogP contribution < -0.4 is 5.32 Å². The maximum absolute atomic E-state index is 6.11. The average Bonchev–Trinajstić information content (AvgIpc) is 2.94. The topological polar surface area (TPSA) is 25.2 Å². The van der Waals surface area contributed by atoms with E-state index in [0.717, 1.165) is 23.6 Å². The number of aryl methyl sites for hydroxylation is 1. The van der Waals surface area contributed by atoms with Crippen molar-refractivity contribution in [1.29, 1.82) is 0 Å². The van der Waals surface area contributed by atoms with Crippen molar-refractivity contribution in [2.75, 3.05) is 0 Å². The molecule has 0 amide bonds. The van der Waals surface area contributed by atoms with Crippen molar-refractivity contribution in [1.82, 2.24) is 5.32 Å². The van der Waals surface area contributed by atoms with Gasteiger partial charge in [0.1, 0.15) is 5.76 Å². The van der Waals surface area contributed by atoms with Crippen LogP contribution in [0.3, 0.4) is 0 Å². The fourth-order valence-corrected chi connectivity index (χ4v) is 3.27. The van der Waals surface area contributed by atoms with Gasteiger partial charge in [-0.15, -0.1) is 0 Å². The second-order valence-electron chi connectivity index (χ2n) is 5.43. The first-order valence-electron chi connectivity index (χ1n) is 7.35. The molecule has 1 aromatic heterocycles. The van der Waals surface area contributed by atoms with Gasteiger partial charge in [0.05, 0.1) is 6.26 Å². The van der Waals surface area contributed by atoms with Crippen LogP contribution in [0.4, 0.5) is 0 Å². The lowest BCUT2D eigenvalue weighted by molar-refractivity contribution is 0.371. The highest BCUT2D eigenvalue weighted by atomic mass is 35.5. The van der Waals surface area contributed by atoms with Crippen LogP contribution in [0.15, 0.2) is 41.0 Å². The molecule has 2 unspecified atom stereocenters. The van der Waals surface area contributed by atoms with Gasteiger partial charge in [0.25, 0.3) is 0 Å². The summed E-state index contributed by atoms with van der Waals surface area (Å²) in [5.74, 6) is 1.15. The summed E-state index contributed by atoms with van der Waals surface area (Å²) < 4.78 is 5.57. The van der Waals surface area contributed by atoms with Crippen LogP contribution >= 0.6 is 11.6 Å². The smallest absolute Gasteiger partial charge is 0.108 e. The van der Waals surface area contributed by atoms with Crippen LogP contribution in [0.5, 0.6) is 0 Å². The second kappa shape index (κ2) is 6.02. The van der Waals surface area contributed by atoms with Gasteiger partial charge in [-0.25, -0.2) is 0 Å². The van der Waals surface area contributed by atoms with Gasteiger partial charge in [-0.3, -0.25) is 0 Å². The first kappa shape index (κ1) is 13.7. The van der Waals surface area contributed by atoms with Crippen LogP contribution in [0.2, 0.25) is 5.02 Å². The first-order valence-corrected chi connectivity index (χ1v) is 7.73. The molecule has 1 N–H and O–H groups in total. The molecule has 2 aromatic rings. The van der Waals surface area contributed by atoms with E-state index >= 15 is 0 Å². The van der Waals surface area contributed by atoms with Crippen molar-refractivity contribution in [3.05, 3.63) is 58.5 Å². The summed E-state index contributed by atoms with van der Waals surface area (Å²) in [7, 11) is 0. The van der Waals surface area contributed by atoms with Gasteiger partial charge in [-0.1, -0.05) is 30.7 Å². The second-order valence-corrected chi connectivity index (χ2v) is 5.86. The Bertz CT molecular complexity index is 578. The molecule has 1 aliphatic rings. The van der Waals surface area contributed by atoms with Crippen molar-refractivity contribution < 1.29 is 4.42 Å². The monoisotopic (exact) mass is 289 g/mol. The first-order chi connectivity index (χ1) is 9.78. The molecule has 3 rings (SSSR count). The predicted molar refractivity (Wildman–Crippen MR) is 82.0 cm³/mol. The zero-order valence-corrected chi connectivity index (χ0v) is 12.5. The molecule has 0 saturated heterocycles. The molecule has 0 bridgehead atoms. The number of furan rings is 1. The van der Waals surface area contributed by atoms with Crippen LogP contribution in [0.1, 0.15) is 55.2 Å². The molecule has 20 heavy (non-hydrogen) atoms. The Morgan fingerprint density at radius 1 is 1.40 bits per heavy atom. The number of hydrogen-bond acceptors (Lipinski definition) is 2. The molecule has 0 saturated carbocycles. The molecule has 1 heterocycles. The highest BCUT2D eigenvalue weighted by Gasteiger charge is 2.24. The normalized spacial score (nSPS) is 19.6. The number of fused-ring (bicyclic) bond motifs is 1. The van der Waals surface area contributed by atoms with E-state index in [2.05, 4.69) is 30.4 Å². The summed E-state index contributed by atoms with van der Waals surface area (Å²) in [6.07, 6.45) is 6.28. The standard InChI is InChI=1S/C17H20ClNO/c1-2-15(12-5-3-6-13(18)11-12)19-16-7-4-8-17-14(16)9-10-20-17/h3,5-6,9-11,15-16,19H,2,4,7-8H2,1H3. The Hall–Kier alpha value is -1.25. The predicted octanol–water partition coefficient (Wildman–Crippen LogP) is 5.05. The Morgan fingerprint density at radius 2 is 2.30 bits per heavy atom. The number of benzene rings is 1. The summed E-state index contributed by atoms with van der Waals surface area (Å²) in [5, 5.41) is 4.57. The van der Waals surface area contributed by atoms with Crippen molar-refractivity contribution in [3.8, 4) is 0 Å². The average molecular weight is 290 g/mol. The minimum absolute atomic E-state index is 0.333. The van der Waals surface area contributed by atoms with Gasteiger partial charge in [0.15, 0.2) is 0 Å². The lowest BCUT2D eigenvalue weighted by atomic mass is 9.91. The number of halogens is 1. The molecule has 0 fully saturated rings. The van der Waals surface area contributed by atoms with Crippen LogP contribution in [0.25, 0.3) is 0 Å². The van der Waals surface area contributed by atoms with Crippen LogP contribution in [-0.4, -0.2) is 0 Å². The van der Waals surface area contributed by atoms with Crippen molar-refractivity contribution in [2.24, 2.45) is 0 Å². The van der Waals surface area contributed by atoms with Crippen molar-refractivity contribution >= 4 is 11.6 Å². The minimum Gasteiger partial charge on any atom is -0.469 e. The third-order valence-electron chi connectivity index (χ3n) is 4.11. The molecule has 0 spiro atoms. The van der Waals surface area contributed by atoms with Crippen LogP contribution in [0, 0.1) is 0 Å². The molecule has 3 heteroatoms. The third kappa shape index (κ3) is 2.77. The maximum atomic E-state index is 6.11. The van der Waals surface area contributed by atoms with Gasteiger partial charge in [-0.2, -0.15) is 0 Å². The molecule has 106 valence electrons. The molecular weight excluding hydrogens is 270 g/mol. The molecule has 0 radical (unpaired) electrons. The Kier molecular flexibility index (Phi) is 4.13. The lowest BCUT2D eigenvalue weighted by Gasteiger charge is -2.28. The van der Waals surface area contributed by atoms with Gasteiger partial charge < -0.3 is 9.73 Å². The summed E-state index contributed by atoms with van der Waals surface area (Å²) in [6.45, 7) is 2.21. The lowest BCUT2D eigenvalue weighted by Crippen LogP contribution is -2.28. The Balaban J connectivity index is 1.80. The maximum Gasteiger partial charge on any atom is 0.108 e. The van der Waals surface area contributed by atoms with E-state index in [1.54, 1.807) is 0 Å². The zero-order valence-electron chi connectivity index (χ0n) is 11.7. The SMILES string of the molecule is CCC(NC1CCCc2occc21)c1cccc(Cl)c1. The Morgan fingerprint density at radius 3 is 3.10 bits per heavy atom. The van der Waals surface area contributed by atoms with Crippen molar-refractivity contribution in [3.63, 3.8) is 0 Å². The summed E-state index contributed by atoms with van der Waals surface area (Å²) >= 11 is 6.11. The fourth-order valence-electron chi connectivity index (χ4n) is 3.08. The van der Waals surface area contributed by atoms with Crippen molar-refractivity contribution in [2.45, 2.75) is 44.7 Å². The van der Waals surface area contributed by atoms with Crippen LogP contribution in [-0.2, 0) is 6.42 Å². The van der Waals surface area contributed by atoms with Gasteiger partial charge >= 0.3 is 0 Å². The number of hydrogen-bond donors (Lipinski definition) is 1. The highest BCUT2D eigenvalue weighted by molar-refractivity contribution is 6.30. The number of nitrogens with one attached hydrogen (secondary N) is 1. The molecule has 0 aliphatic heterocycles. The van der Waals surface area contributed by atoms with E-state index in [-0.39, 0.29) is 0 Å². The summed E-state index contributed by atoms with van der Waals surface area (Å²) in [6, 6.07) is 11.0. The van der Waals surface area contributed by atoms with Gasteiger partial charge in [-0.05, 0) is 43.0 Å². The summed E-state index contributed by atoms with van der Waals surface area (Å²) in [5.41, 5.74) is 2.59. The van der Waals surface area contributed by atoms with E-state index in [1.807, 2.05) is 18.4 Å². The quantitative estimate of drug-likeness (QED) is 0.852. The molecule has 2 nitrogen and oxygen atoms in total. The molecule has 1 aromatic carbocycles. The van der Waals surface area contributed by atoms with Gasteiger partial charge in [0.2, 0.25) is 0 Å². The minimum atomic E-state index is 0.333. The highest BCUT2D eigenvalue weighted by Crippen LogP contribution is 2.33. The zero-order chi connectivity index (χ0) is 13.9. The number of rotatable bonds is 4. The Labute approximate surface area is 125 Å².